The second-order valence-corrected chi connectivity index (χ2v) is 32.4. The topological polar surface area (TPSA) is 267 Å². The Morgan fingerprint density at radius 3 is 0.521 bits per heavy atom. The van der Waals surface area contributed by atoms with Gasteiger partial charge in [0.15, 0.2) is 11.6 Å². The average Bonchev–Trinajstić information content (AvgIpc) is 1.26. The minimum Gasteiger partial charge on any atom is -0.356 e. The molecule has 0 aromatic rings. The van der Waals surface area contributed by atoms with E-state index >= 15 is 0 Å². The lowest BCUT2D eigenvalue weighted by Gasteiger charge is -2.25. The smallest absolute Gasteiger partial charge is 0.225 e. The summed E-state index contributed by atoms with van der Waals surface area (Å²) in [5.41, 5.74) is 0. The van der Waals surface area contributed by atoms with Gasteiger partial charge in [-0.15, -0.1) is 0 Å². The summed E-state index contributed by atoms with van der Waals surface area (Å²) in [5.74, 6) is -3.54. The van der Waals surface area contributed by atoms with Crippen LogP contribution >= 0.6 is 0 Å². The van der Waals surface area contributed by atoms with Crippen molar-refractivity contribution in [2.45, 2.75) is 280 Å². The predicted molar refractivity (Wildman–Crippen MR) is 392 cm³/mol. The summed E-state index contributed by atoms with van der Waals surface area (Å²) in [6, 6.07) is 0. The molecule has 8 amide bonds. The minimum absolute atomic E-state index is 0.0260. The van der Waals surface area contributed by atoms with Crippen LogP contribution in [0.4, 0.5) is 0 Å². The number of rotatable bonds is 57. The molecule has 0 fully saturated rings. The van der Waals surface area contributed by atoms with E-state index < -0.39 is 35.5 Å². The number of ketones is 2. The molecule has 0 heterocycles. The van der Waals surface area contributed by atoms with Crippen molar-refractivity contribution >= 4 is 58.8 Å². The van der Waals surface area contributed by atoms with Crippen molar-refractivity contribution in [3.8, 4) is 0 Å². The Labute approximate surface area is 585 Å². The van der Waals surface area contributed by atoms with E-state index in [1.807, 2.05) is 0 Å². The van der Waals surface area contributed by atoms with Crippen LogP contribution < -0.4 is 42.5 Å². The molecule has 18 nitrogen and oxygen atoms in total. The van der Waals surface area contributed by atoms with Gasteiger partial charge in [0.1, 0.15) is 0 Å². The molecule has 0 saturated heterocycles. The Morgan fingerprint density at radius 2 is 0.344 bits per heavy atom. The molecule has 0 aliphatic rings. The molecular weight excluding hydrogens is 1210 g/mol. The van der Waals surface area contributed by atoms with E-state index in [0.717, 1.165) is 103 Å². The Hall–Kier alpha value is -4.90. The molecule has 2 unspecified atom stereocenters. The zero-order valence-electron chi connectivity index (χ0n) is 64.7. The summed E-state index contributed by atoms with van der Waals surface area (Å²) in [7, 11) is 0. The van der Waals surface area contributed by atoms with Gasteiger partial charge in [-0.2, -0.15) is 0 Å². The van der Waals surface area contributed by atoms with Crippen LogP contribution in [-0.2, 0) is 47.9 Å². The zero-order chi connectivity index (χ0) is 73.0. The van der Waals surface area contributed by atoms with Gasteiger partial charge in [0, 0.05) is 86.6 Å². The normalized spacial score (nSPS) is 12.8. The first-order valence-corrected chi connectivity index (χ1v) is 38.3. The van der Waals surface area contributed by atoms with Crippen LogP contribution in [0.5, 0.6) is 0 Å². The van der Waals surface area contributed by atoms with E-state index in [4.69, 9.17) is 0 Å². The third-order valence-electron chi connectivity index (χ3n) is 18.9. The SMILES string of the molecule is CC(C)CCC(CCC(C)C)C(=O)NCCC(CCNC(=O)C(CCC(C)C)CCC(C)C)C(=O)NCC(CCC(CNC(=O)C(CCNC(=O)C(CCC(C)C)CCC(C)C)CCNC(=O)C(CCC(C)C)CCC(C)C)C(=O)NCC(=O)C(C)C)C(=O)NCC(=O)C(C)C. The van der Waals surface area contributed by atoms with Crippen LogP contribution in [0.15, 0.2) is 0 Å². The van der Waals surface area contributed by atoms with Crippen LogP contribution in [0.2, 0.25) is 0 Å². The molecule has 18 heteroatoms. The fourth-order valence-corrected chi connectivity index (χ4v) is 11.6. The van der Waals surface area contributed by atoms with Gasteiger partial charge in [-0.05, 0) is 137 Å². The van der Waals surface area contributed by atoms with E-state index in [9.17, 15) is 47.9 Å². The van der Waals surface area contributed by atoms with E-state index in [-0.39, 0.29) is 173 Å². The maximum atomic E-state index is 14.6. The molecule has 0 aromatic heterocycles. The maximum absolute atomic E-state index is 14.6. The maximum Gasteiger partial charge on any atom is 0.225 e. The fourth-order valence-electron chi connectivity index (χ4n) is 11.6. The third kappa shape index (κ3) is 44.9. The molecule has 0 aromatic carbocycles. The van der Waals surface area contributed by atoms with Gasteiger partial charge in [-0.25, -0.2) is 0 Å². The molecule has 2 atom stereocenters. The van der Waals surface area contributed by atoms with Crippen molar-refractivity contribution < 1.29 is 47.9 Å². The van der Waals surface area contributed by atoms with Crippen molar-refractivity contribution in [2.75, 3.05) is 52.4 Å². The lowest BCUT2D eigenvalue weighted by Crippen LogP contribution is -2.45. The lowest BCUT2D eigenvalue weighted by molar-refractivity contribution is -0.132. The second-order valence-electron chi connectivity index (χ2n) is 32.4. The highest BCUT2D eigenvalue weighted by Gasteiger charge is 2.31. The Morgan fingerprint density at radius 1 is 0.188 bits per heavy atom. The van der Waals surface area contributed by atoms with Gasteiger partial charge in [0.2, 0.25) is 47.3 Å². The summed E-state index contributed by atoms with van der Waals surface area (Å²) in [4.78, 5) is 139. The number of carbonyl (C=O) groups is 10. The second kappa shape index (κ2) is 52.2. The first kappa shape index (κ1) is 91.1. The number of amides is 8. The van der Waals surface area contributed by atoms with Crippen molar-refractivity contribution in [2.24, 2.45) is 107 Å². The number of hydrogen-bond acceptors (Lipinski definition) is 10. The van der Waals surface area contributed by atoms with Crippen LogP contribution in [0.3, 0.4) is 0 Å². The molecule has 0 radical (unpaired) electrons. The molecule has 0 saturated carbocycles. The number of Topliss-reactive ketones (excluding diaryl/α,β-unsaturated/α-hetero) is 2. The average molecular weight is 1360 g/mol. The van der Waals surface area contributed by atoms with E-state index in [2.05, 4.69) is 153 Å². The quantitative estimate of drug-likeness (QED) is 0.0285. The molecule has 0 spiro atoms. The third-order valence-corrected chi connectivity index (χ3v) is 18.9. The number of nitrogens with one attached hydrogen (secondary N) is 8. The van der Waals surface area contributed by atoms with Crippen LogP contribution in [0, 0.1) is 107 Å². The van der Waals surface area contributed by atoms with Gasteiger partial charge in [0.05, 0.1) is 24.9 Å². The van der Waals surface area contributed by atoms with E-state index in [1.165, 1.54) is 0 Å². The molecule has 8 N–H and O–H groups in total. The van der Waals surface area contributed by atoms with Gasteiger partial charge in [-0.3, -0.25) is 47.9 Å². The molecule has 0 aliphatic carbocycles. The first-order chi connectivity index (χ1) is 45.0. The Bertz CT molecular complexity index is 1940. The number of hydrogen-bond donors (Lipinski definition) is 8. The Balaban J connectivity index is 7.31. The van der Waals surface area contributed by atoms with Crippen molar-refractivity contribution in [3.05, 3.63) is 0 Å². The fraction of sp³-hybridized carbons (Fsp3) is 0.872. The highest BCUT2D eigenvalue weighted by atomic mass is 16.2. The standard InChI is InChI=1S/C78H146N8O10/c1-51(2)21-29-61(30-22-52(3)4)71(89)79-43-39-65(40-44-80-72(90)62(31-23-53(5)6)32-24-54(7)8)75(93)83-47-67(77(95)85-49-69(87)59(17)18)37-38-68(78(96)86-50-70(88)60(19)20)48-84-76(94)66(41-45-81-73(91)63(33-25-55(9)10)34-26-56(11)12)42-46-82-74(92)64(35-27-57(13)14)36-28-58(15)16/h51-68H,21-50H2,1-20H3,(H,79,89)(H,80,90)(H,81,91)(H,82,92)(H,83,93)(H,84,94)(H,85,95)(H,86,96). The summed E-state index contributed by atoms with van der Waals surface area (Å²) in [5, 5.41) is 24.2. The van der Waals surface area contributed by atoms with Crippen molar-refractivity contribution in [1.29, 1.82) is 0 Å². The van der Waals surface area contributed by atoms with E-state index in [1.54, 1.807) is 27.7 Å². The summed E-state index contributed by atoms with van der Waals surface area (Å²) >= 11 is 0. The molecular formula is C78H146N8O10. The molecule has 96 heavy (non-hydrogen) atoms. The molecule has 558 valence electrons. The Kier molecular flexibility index (Phi) is 49.5. The molecule has 0 aliphatic heterocycles. The summed E-state index contributed by atoms with van der Waals surface area (Å²) in [6.45, 7) is 41.4. The largest absolute Gasteiger partial charge is 0.356 e. The predicted octanol–water partition coefficient (Wildman–Crippen LogP) is 13.1. The van der Waals surface area contributed by atoms with Crippen molar-refractivity contribution in [1.82, 2.24) is 42.5 Å². The molecule has 0 rings (SSSR count). The number of carbonyl (C=O) groups excluding carboxylic acids is 10. The summed E-state index contributed by atoms with van der Waals surface area (Å²) in [6.07, 6.45) is 14.5. The first-order valence-electron chi connectivity index (χ1n) is 38.3. The van der Waals surface area contributed by atoms with Crippen molar-refractivity contribution in [3.63, 3.8) is 0 Å². The van der Waals surface area contributed by atoms with Gasteiger partial charge >= 0.3 is 0 Å². The zero-order valence-corrected chi connectivity index (χ0v) is 64.7. The minimum atomic E-state index is -0.961. The molecule has 0 bridgehead atoms. The monoisotopic (exact) mass is 1360 g/mol. The van der Waals surface area contributed by atoms with E-state index in [0.29, 0.717) is 47.3 Å². The highest BCUT2D eigenvalue weighted by Crippen LogP contribution is 2.26. The van der Waals surface area contributed by atoms with Gasteiger partial charge < -0.3 is 42.5 Å². The van der Waals surface area contributed by atoms with Crippen LogP contribution in [0.25, 0.3) is 0 Å². The van der Waals surface area contributed by atoms with Gasteiger partial charge in [0.25, 0.3) is 0 Å². The van der Waals surface area contributed by atoms with Crippen LogP contribution in [0.1, 0.15) is 280 Å². The van der Waals surface area contributed by atoms with Gasteiger partial charge in [-0.1, -0.05) is 190 Å². The summed E-state index contributed by atoms with van der Waals surface area (Å²) < 4.78 is 0. The lowest BCUT2D eigenvalue weighted by atomic mass is 9.90. The van der Waals surface area contributed by atoms with Crippen LogP contribution in [-0.4, -0.2) is 111 Å². The highest BCUT2D eigenvalue weighted by molar-refractivity contribution is 5.90.